The molecule has 0 saturated carbocycles. The van der Waals surface area contributed by atoms with Crippen molar-refractivity contribution in [1.82, 2.24) is 20.9 Å². The average molecular weight is 443 g/mol. The van der Waals surface area contributed by atoms with Crippen molar-refractivity contribution in [1.29, 1.82) is 0 Å². The summed E-state index contributed by atoms with van der Waals surface area (Å²) in [6.45, 7) is 5.26. The molecule has 1 saturated heterocycles. The fourth-order valence-corrected chi connectivity index (χ4v) is 4.43. The molecule has 3 amide bonds. The molecule has 174 valence electrons. The molecule has 3 unspecified atom stereocenters. The first-order valence-corrected chi connectivity index (χ1v) is 11.4. The number of nitrogens with zero attached hydrogens (tertiary/aromatic N) is 1. The highest BCUT2D eigenvalue weighted by molar-refractivity contribution is 6.01. The second kappa shape index (κ2) is 10.3. The van der Waals surface area contributed by atoms with Crippen molar-refractivity contribution in [3.63, 3.8) is 0 Å². The van der Waals surface area contributed by atoms with Crippen LogP contribution in [0.5, 0.6) is 0 Å². The van der Waals surface area contributed by atoms with Crippen LogP contribution in [0.1, 0.15) is 57.2 Å². The third-order valence-electron chi connectivity index (χ3n) is 6.47. The number of amides is 3. The number of nitrogens with one attached hydrogen (secondary N) is 3. The van der Waals surface area contributed by atoms with Gasteiger partial charge in [0.2, 0.25) is 17.7 Å². The van der Waals surface area contributed by atoms with Crippen LogP contribution in [0.4, 0.5) is 0 Å². The Morgan fingerprint density at radius 2 is 1.84 bits per heavy atom. The predicted molar refractivity (Wildman–Crippen MR) is 121 cm³/mol. The van der Waals surface area contributed by atoms with Crippen LogP contribution in [0.3, 0.4) is 0 Å². The summed E-state index contributed by atoms with van der Waals surface area (Å²) in [5, 5.41) is 8.70. The van der Waals surface area contributed by atoms with E-state index in [2.05, 4.69) is 22.0 Å². The monoisotopic (exact) mass is 442 g/mol. The molecule has 0 aromatic heterocycles. The third-order valence-corrected chi connectivity index (χ3v) is 6.47. The average Bonchev–Trinajstić information content (AvgIpc) is 3.18. The van der Waals surface area contributed by atoms with Crippen molar-refractivity contribution in [2.75, 3.05) is 13.6 Å². The first-order chi connectivity index (χ1) is 15.2. The minimum Gasteiger partial charge on any atom is -0.347 e. The van der Waals surface area contributed by atoms with Crippen LogP contribution in [0.15, 0.2) is 24.3 Å². The molecule has 1 aliphatic heterocycles. The lowest BCUT2D eigenvalue weighted by Gasteiger charge is -2.32. The van der Waals surface area contributed by atoms with Crippen molar-refractivity contribution in [3.8, 4) is 0 Å². The van der Waals surface area contributed by atoms with Gasteiger partial charge in [0.1, 0.15) is 12.1 Å². The molecule has 1 aromatic carbocycles. The predicted octanol–water partition coefficient (Wildman–Crippen LogP) is 1.10. The SMILES string of the molecule is CN[C@@H](C)C(=O)NC(C(=O)N1CC(=O)CC1C(=O)NC1CCCc2ccccc21)C(C)C. The lowest BCUT2D eigenvalue weighted by atomic mass is 9.87. The maximum atomic E-state index is 13.3. The summed E-state index contributed by atoms with van der Waals surface area (Å²) in [6, 6.07) is 5.79. The zero-order valence-electron chi connectivity index (χ0n) is 19.3. The highest BCUT2D eigenvalue weighted by atomic mass is 16.2. The van der Waals surface area contributed by atoms with E-state index in [1.54, 1.807) is 14.0 Å². The van der Waals surface area contributed by atoms with Gasteiger partial charge in [0.25, 0.3) is 0 Å². The first kappa shape index (κ1) is 23.9. The van der Waals surface area contributed by atoms with Gasteiger partial charge < -0.3 is 20.9 Å². The van der Waals surface area contributed by atoms with Gasteiger partial charge in [0, 0.05) is 6.42 Å². The van der Waals surface area contributed by atoms with E-state index in [4.69, 9.17) is 0 Å². The Kier molecular flexibility index (Phi) is 7.66. The number of carbonyl (C=O) groups is 4. The van der Waals surface area contributed by atoms with E-state index >= 15 is 0 Å². The van der Waals surface area contributed by atoms with E-state index in [9.17, 15) is 19.2 Å². The molecule has 1 fully saturated rings. The number of rotatable bonds is 7. The summed E-state index contributed by atoms with van der Waals surface area (Å²) in [7, 11) is 1.67. The normalized spacial score (nSPS) is 22.3. The fraction of sp³-hybridized carbons (Fsp3) is 0.583. The number of aryl methyl sites for hydroxylation is 1. The maximum Gasteiger partial charge on any atom is 0.246 e. The summed E-state index contributed by atoms with van der Waals surface area (Å²) >= 11 is 0. The quantitative estimate of drug-likeness (QED) is 0.586. The maximum absolute atomic E-state index is 13.3. The standard InChI is InChI=1S/C24H34N4O4/c1-14(2)21(27-22(30)15(3)25-4)24(32)28-13-17(29)12-20(28)23(31)26-19-11-7-9-16-8-5-6-10-18(16)19/h5-6,8,10,14-15,19-21,25H,7,9,11-13H2,1-4H3,(H,26,31)(H,27,30)/t15-,19?,20?,21?/m0/s1. The number of hydrogen-bond donors (Lipinski definition) is 3. The third kappa shape index (κ3) is 5.18. The molecule has 0 bridgehead atoms. The van der Waals surface area contributed by atoms with Crippen molar-refractivity contribution in [2.45, 2.75) is 70.6 Å². The molecule has 4 atom stereocenters. The number of carbonyl (C=O) groups excluding carboxylic acids is 4. The number of likely N-dealkylation sites (N-methyl/N-ethyl adjacent to an activating group) is 1. The molecule has 1 aromatic rings. The molecule has 32 heavy (non-hydrogen) atoms. The van der Waals surface area contributed by atoms with Crippen molar-refractivity contribution < 1.29 is 19.2 Å². The van der Waals surface area contributed by atoms with Gasteiger partial charge in [-0.05, 0) is 50.3 Å². The van der Waals surface area contributed by atoms with E-state index < -0.39 is 24.0 Å². The van der Waals surface area contributed by atoms with E-state index in [0.29, 0.717) is 0 Å². The number of Topliss-reactive ketones (excluding diaryl/α,β-unsaturated/α-hetero) is 1. The highest BCUT2D eigenvalue weighted by Gasteiger charge is 2.43. The smallest absolute Gasteiger partial charge is 0.246 e. The van der Waals surface area contributed by atoms with Crippen LogP contribution in [-0.2, 0) is 25.6 Å². The summed E-state index contributed by atoms with van der Waals surface area (Å²) in [5.41, 5.74) is 2.32. The Balaban J connectivity index is 1.75. The van der Waals surface area contributed by atoms with Gasteiger partial charge in [0.05, 0.1) is 18.6 Å². The summed E-state index contributed by atoms with van der Waals surface area (Å²) in [6.07, 6.45) is 2.77. The molecule has 1 aliphatic carbocycles. The zero-order chi connectivity index (χ0) is 23.4. The molecule has 8 heteroatoms. The van der Waals surface area contributed by atoms with Gasteiger partial charge in [-0.25, -0.2) is 0 Å². The fourth-order valence-electron chi connectivity index (χ4n) is 4.43. The van der Waals surface area contributed by atoms with Crippen LogP contribution in [-0.4, -0.2) is 60.1 Å². The van der Waals surface area contributed by atoms with E-state index in [1.165, 1.54) is 10.5 Å². The van der Waals surface area contributed by atoms with Crippen LogP contribution >= 0.6 is 0 Å². The van der Waals surface area contributed by atoms with Crippen molar-refractivity contribution in [2.24, 2.45) is 5.92 Å². The molecule has 3 N–H and O–H groups in total. The lowest BCUT2D eigenvalue weighted by Crippen LogP contribution is -2.57. The van der Waals surface area contributed by atoms with Gasteiger partial charge >= 0.3 is 0 Å². The van der Waals surface area contributed by atoms with Crippen LogP contribution in [0.2, 0.25) is 0 Å². The Morgan fingerprint density at radius 3 is 2.53 bits per heavy atom. The minimum atomic E-state index is -0.857. The summed E-state index contributed by atoms with van der Waals surface area (Å²) in [5.74, 6) is -1.36. The van der Waals surface area contributed by atoms with Gasteiger partial charge in [0.15, 0.2) is 5.78 Å². The molecule has 3 rings (SSSR count). The minimum absolute atomic E-state index is 0.00236. The topological polar surface area (TPSA) is 108 Å². The summed E-state index contributed by atoms with van der Waals surface area (Å²) in [4.78, 5) is 52.5. The van der Waals surface area contributed by atoms with Crippen LogP contribution < -0.4 is 16.0 Å². The number of benzene rings is 1. The molecule has 8 nitrogen and oxygen atoms in total. The number of hydrogen-bond acceptors (Lipinski definition) is 5. The van der Waals surface area contributed by atoms with Gasteiger partial charge in [-0.15, -0.1) is 0 Å². The Bertz CT molecular complexity index is 885. The Morgan fingerprint density at radius 1 is 1.12 bits per heavy atom. The molecular weight excluding hydrogens is 408 g/mol. The number of likely N-dealkylation sites (tertiary alicyclic amines) is 1. The first-order valence-electron chi connectivity index (χ1n) is 11.4. The van der Waals surface area contributed by atoms with Gasteiger partial charge in [-0.2, -0.15) is 0 Å². The lowest BCUT2D eigenvalue weighted by molar-refractivity contribution is -0.143. The molecule has 1 heterocycles. The second-order valence-corrected chi connectivity index (χ2v) is 9.12. The number of ketones is 1. The molecular formula is C24H34N4O4. The van der Waals surface area contributed by atoms with Crippen molar-refractivity contribution >= 4 is 23.5 Å². The second-order valence-electron chi connectivity index (χ2n) is 9.12. The van der Waals surface area contributed by atoms with Crippen LogP contribution in [0.25, 0.3) is 0 Å². The number of fused-ring (bicyclic) bond motifs is 1. The molecule has 0 spiro atoms. The highest BCUT2D eigenvalue weighted by Crippen LogP contribution is 2.30. The van der Waals surface area contributed by atoms with E-state index in [-0.39, 0.29) is 42.5 Å². The van der Waals surface area contributed by atoms with Gasteiger partial charge in [-0.1, -0.05) is 38.1 Å². The van der Waals surface area contributed by atoms with E-state index in [0.717, 1.165) is 24.8 Å². The van der Waals surface area contributed by atoms with Gasteiger partial charge in [-0.3, -0.25) is 19.2 Å². The van der Waals surface area contributed by atoms with Crippen molar-refractivity contribution in [3.05, 3.63) is 35.4 Å². The van der Waals surface area contributed by atoms with Crippen LogP contribution in [0, 0.1) is 5.92 Å². The Hall–Kier alpha value is -2.74. The van der Waals surface area contributed by atoms with E-state index in [1.807, 2.05) is 32.0 Å². The summed E-state index contributed by atoms with van der Waals surface area (Å²) < 4.78 is 0. The molecule has 0 radical (unpaired) electrons. The largest absolute Gasteiger partial charge is 0.347 e. The Labute approximate surface area is 189 Å². The molecule has 2 aliphatic rings. The zero-order valence-corrected chi connectivity index (χ0v) is 19.3.